The highest BCUT2D eigenvalue weighted by Gasteiger charge is 2.38. The van der Waals surface area contributed by atoms with Crippen LogP contribution in [0.25, 0.3) is 0 Å². The number of aliphatic hydroxyl groups is 1. The zero-order valence-electron chi connectivity index (χ0n) is 12.4. The summed E-state index contributed by atoms with van der Waals surface area (Å²) in [7, 11) is 0. The van der Waals surface area contributed by atoms with Crippen LogP contribution in [-0.4, -0.2) is 76.9 Å². The molecule has 0 atom stereocenters. The number of amides is 2. The van der Waals surface area contributed by atoms with Crippen molar-refractivity contribution in [2.45, 2.75) is 37.6 Å². The zero-order chi connectivity index (χ0) is 15.3. The Balaban J connectivity index is 1.87. The van der Waals surface area contributed by atoms with Gasteiger partial charge < -0.3 is 20.4 Å². The number of nitrogens with zero attached hydrogens (tertiary/aromatic N) is 2. The number of nitrogens with one attached hydrogen (secondary N) is 1. The van der Waals surface area contributed by atoms with Crippen molar-refractivity contribution >= 4 is 12.0 Å². The maximum absolute atomic E-state index is 12.4. The third-order valence-electron chi connectivity index (χ3n) is 4.50. The number of carboxylic acids is 1. The molecule has 7 nitrogen and oxygen atoms in total. The molecule has 0 radical (unpaired) electrons. The number of piperazine rings is 1. The van der Waals surface area contributed by atoms with E-state index in [0.29, 0.717) is 19.6 Å². The van der Waals surface area contributed by atoms with E-state index in [1.165, 1.54) is 0 Å². The van der Waals surface area contributed by atoms with Crippen LogP contribution in [0.3, 0.4) is 0 Å². The second-order valence-electron chi connectivity index (χ2n) is 6.04. The summed E-state index contributed by atoms with van der Waals surface area (Å²) in [5.41, 5.74) is -0.564. The molecule has 0 bridgehead atoms. The lowest BCUT2D eigenvalue weighted by Gasteiger charge is -2.37. The lowest BCUT2D eigenvalue weighted by atomic mass is 9.93. The summed E-state index contributed by atoms with van der Waals surface area (Å²) in [4.78, 5) is 27.3. The molecule has 2 rings (SSSR count). The summed E-state index contributed by atoms with van der Waals surface area (Å²) >= 11 is 0. The van der Waals surface area contributed by atoms with Crippen molar-refractivity contribution in [3.63, 3.8) is 0 Å². The van der Waals surface area contributed by atoms with E-state index in [0.717, 1.165) is 38.8 Å². The van der Waals surface area contributed by atoms with Gasteiger partial charge in [-0.1, -0.05) is 12.8 Å². The topological polar surface area (TPSA) is 93.1 Å². The number of carbonyl (C=O) groups excluding carboxylic acids is 1. The largest absolute Gasteiger partial charge is 0.481 e. The minimum absolute atomic E-state index is 0.00319. The molecular formula is C14H25N3O4. The molecule has 21 heavy (non-hydrogen) atoms. The molecule has 0 spiro atoms. The highest BCUT2D eigenvalue weighted by molar-refractivity contribution is 5.77. The summed E-state index contributed by atoms with van der Waals surface area (Å²) in [6.07, 6.45) is 3.43. The van der Waals surface area contributed by atoms with E-state index in [1.54, 1.807) is 4.90 Å². The van der Waals surface area contributed by atoms with Gasteiger partial charge in [0, 0.05) is 32.7 Å². The molecule has 0 aromatic rings. The fourth-order valence-corrected chi connectivity index (χ4v) is 3.31. The minimum atomic E-state index is -0.857. The van der Waals surface area contributed by atoms with E-state index in [4.69, 9.17) is 10.2 Å². The van der Waals surface area contributed by atoms with Gasteiger partial charge in [0.25, 0.3) is 0 Å². The summed E-state index contributed by atoms with van der Waals surface area (Å²) < 4.78 is 0. The predicted molar refractivity (Wildman–Crippen MR) is 77.1 cm³/mol. The van der Waals surface area contributed by atoms with Gasteiger partial charge in [0.2, 0.25) is 0 Å². The summed E-state index contributed by atoms with van der Waals surface area (Å²) in [6, 6.07) is -0.151. The van der Waals surface area contributed by atoms with Gasteiger partial charge in [0.05, 0.1) is 18.6 Å². The number of carbonyl (C=O) groups is 2. The lowest BCUT2D eigenvalue weighted by Crippen LogP contribution is -2.57. The Hall–Kier alpha value is -1.34. The van der Waals surface area contributed by atoms with Crippen molar-refractivity contribution in [2.75, 3.05) is 39.3 Å². The number of rotatable bonds is 5. The average Bonchev–Trinajstić information content (AvgIpc) is 2.87. The number of carboxylic acid groups (broad SMARTS) is 1. The molecule has 2 fully saturated rings. The Bertz CT molecular complexity index is 374. The fraction of sp³-hybridized carbons (Fsp3) is 0.857. The molecule has 0 aromatic carbocycles. The molecule has 3 N–H and O–H groups in total. The van der Waals surface area contributed by atoms with Gasteiger partial charge in [-0.3, -0.25) is 9.69 Å². The van der Waals surface area contributed by atoms with Gasteiger partial charge in [0.15, 0.2) is 0 Å². The van der Waals surface area contributed by atoms with Crippen LogP contribution in [0, 0.1) is 0 Å². The molecule has 0 unspecified atom stereocenters. The van der Waals surface area contributed by atoms with Crippen LogP contribution in [0.1, 0.15) is 32.1 Å². The van der Waals surface area contributed by atoms with Crippen LogP contribution in [-0.2, 0) is 4.79 Å². The highest BCUT2D eigenvalue weighted by Crippen LogP contribution is 2.32. The van der Waals surface area contributed by atoms with E-state index < -0.39 is 11.5 Å². The minimum Gasteiger partial charge on any atom is -0.481 e. The molecule has 1 heterocycles. The maximum atomic E-state index is 12.4. The molecule has 7 heteroatoms. The maximum Gasteiger partial charge on any atom is 0.317 e. The smallest absolute Gasteiger partial charge is 0.317 e. The molecule has 1 aliphatic carbocycles. The second kappa shape index (κ2) is 7.09. The van der Waals surface area contributed by atoms with Crippen LogP contribution < -0.4 is 5.32 Å². The lowest BCUT2D eigenvalue weighted by molar-refractivity contribution is -0.138. The Kier molecular flexibility index (Phi) is 5.41. The zero-order valence-corrected chi connectivity index (χ0v) is 12.4. The molecular weight excluding hydrogens is 274 g/mol. The van der Waals surface area contributed by atoms with E-state index in [9.17, 15) is 9.59 Å². The second-order valence-corrected chi connectivity index (χ2v) is 6.04. The van der Waals surface area contributed by atoms with Crippen LogP contribution in [0.2, 0.25) is 0 Å². The van der Waals surface area contributed by atoms with Gasteiger partial charge in [-0.25, -0.2) is 4.79 Å². The third-order valence-corrected chi connectivity index (χ3v) is 4.50. The van der Waals surface area contributed by atoms with Crippen molar-refractivity contribution in [3.8, 4) is 0 Å². The van der Waals surface area contributed by atoms with Crippen molar-refractivity contribution in [1.29, 1.82) is 0 Å². The predicted octanol–water partition coefficient (Wildman–Crippen LogP) is 0.0934. The third kappa shape index (κ3) is 4.31. The summed E-state index contributed by atoms with van der Waals surface area (Å²) in [6.45, 7) is 3.51. The molecule has 1 saturated carbocycles. The number of aliphatic hydroxyl groups excluding tert-OH is 1. The SMILES string of the molecule is O=C(O)CC1(NC(=O)N2CCN(CCO)CC2)CCCC1. The van der Waals surface area contributed by atoms with Crippen molar-refractivity contribution in [3.05, 3.63) is 0 Å². The molecule has 1 aliphatic heterocycles. The first kappa shape index (κ1) is 16.0. The molecule has 2 amide bonds. The number of hydrogen-bond donors (Lipinski definition) is 3. The van der Waals surface area contributed by atoms with Crippen molar-refractivity contribution in [1.82, 2.24) is 15.1 Å². The Morgan fingerprint density at radius 2 is 1.71 bits per heavy atom. The summed E-state index contributed by atoms with van der Waals surface area (Å²) in [5, 5.41) is 21.0. The van der Waals surface area contributed by atoms with E-state index in [-0.39, 0.29) is 19.1 Å². The first-order valence-electron chi connectivity index (χ1n) is 7.67. The average molecular weight is 299 g/mol. The van der Waals surface area contributed by atoms with Gasteiger partial charge in [-0.05, 0) is 12.8 Å². The molecule has 2 aliphatic rings. The fourth-order valence-electron chi connectivity index (χ4n) is 3.31. The number of urea groups is 1. The van der Waals surface area contributed by atoms with Gasteiger partial charge in [-0.2, -0.15) is 0 Å². The summed E-state index contributed by atoms with van der Waals surface area (Å²) in [5.74, 6) is -0.857. The normalized spacial score (nSPS) is 22.2. The van der Waals surface area contributed by atoms with Crippen LogP contribution in [0.5, 0.6) is 0 Å². The van der Waals surface area contributed by atoms with Crippen molar-refractivity contribution < 1.29 is 19.8 Å². The van der Waals surface area contributed by atoms with E-state index in [2.05, 4.69) is 10.2 Å². The first-order valence-corrected chi connectivity index (χ1v) is 7.67. The van der Waals surface area contributed by atoms with Crippen molar-refractivity contribution in [2.24, 2.45) is 0 Å². The van der Waals surface area contributed by atoms with Crippen LogP contribution in [0.15, 0.2) is 0 Å². The Labute approximate surface area is 124 Å². The van der Waals surface area contributed by atoms with E-state index >= 15 is 0 Å². The van der Waals surface area contributed by atoms with Crippen LogP contribution in [0.4, 0.5) is 4.79 Å². The Morgan fingerprint density at radius 1 is 1.10 bits per heavy atom. The number of aliphatic carboxylic acids is 1. The molecule has 0 aromatic heterocycles. The van der Waals surface area contributed by atoms with E-state index in [1.807, 2.05) is 0 Å². The molecule has 1 saturated heterocycles. The Morgan fingerprint density at radius 3 is 2.24 bits per heavy atom. The monoisotopic (exact) mass is 299 g/mol. The quantitative estimate of drug-likeness (QED) is 0.669. The first-order chi connectivity index (χ1) is 10.0. The standard InChI is InChI=1S/C14H25N3O4/c18-10-9-16-5-7-17(8-6-16)13(21)15-14(11-12(19)20)3-1-2-4-14/h18H,1-11H2,(H,15,21)(H,19,20). The van der Waals surface area contributed by atoms with Gasteiger partial charge >= 0.3 is 12.0 Å². The van der Waals surface area contributed by atoms with Gasteiger partial charge in [0.1, 0.15) is 0 Å². The van der Waals surface area contributed by atoms with Crippen LogP contribution >= 0.6 is 0 Å². The number of hydrogen-bond acceptors (Lipinski definition) is 4. The molecule has 120 valence electrons. The van der Waals surface area contributed by atoms with Gasteiger partial charge in [-0.15, -0.1) is 0 Å². The highest BCUT2D eigenvalue weighted by atomic mass is 16.4. The number of β-amino-alcohol motifs (C(OH)–C–C–N with tert-alkyl or cyclic N) is 1.